The van der Waals surface area contributed by atoms with Gasteiger partial charge in [-0.3, -0.25) is 0 Å². The lowest BCUT2D eigenvalue weighted by atomic mass is 10.1. The van der Waals surface area contributed by atoms with Crippen molar-refractivity contribution < 1.29 is 8.42 Å². The van der Waals surface area contributed by atoms with Crippen LogP contribution in [-0.4, -0.2) is 43.6 Å². The monoisotopic (exact) mass is 280 g/mol. The van der Waals surface area contributed by atoms with Crippen molar-refractivity contribution in [2.75, 3.05) is 18.8 Å². The number of halogens is 1. The first kappa shape index (κ1) is 13.6. The number of sulfonamides is 1. The number of nitrogens with zero attached hydrogens (tertiary/aromatic N) is 1. The number of nitrogens with one attached hydrogen (secondary N) is 1. The Morgan fingerprint density at radius 3 is 2.47 bits per heavy atom. The lowest BCUT2D eigenvalue weighted by molar-refractivity contribution is 0.333. The first-order valence-corrected chi connectivity index (χ1v) is 7.99. The van der Waals surface area contributed by atoms with Gasteiger partial charge in [0.05, 0.1) is 5.75 Å². The predicted octanol–water partition coefficient (Wildman–Crippen LogP) is 0.974. The van der Waals surface area contributed by atoms with E-state index in [1.54, 1.807) is 0 Å². The predicted molar refractivity (Wildman–Crippen MR) is 69.9 cm³/mol. The second kappa shape index (κ2) is 5.03. The fourth-order valence-electron chi connectivity index (χ4n) is 3.06. The molecule has 6 heteroatoms. The third-order valence-electron chi connectivity index (χ3n) is 4.05. The molecule has 2 saturated heterocycles. The van der Waals surface area contributed by atoms with Crippen molar-refractivity contribution in [3.8, 4) is 0 Å². The van der Waals surface area contributed by atoms with Gasteiger partial charge >= 0.3 is 0 Å². The SMILES string of the molecule is Cl.O=S(=O)(CC1CC1)N1C2CCNCC1CC2. The Kier molecular flexibility index (Phi) is 4.02. The summed E-state index contributed by atoms with van der Waals surface area (Å²) in [5.41, 5.74) is 0. The molecule has 1 saturated carbocycles. The van der Waals surface area contributed by atoms with Gasteiger partial charge in [-0.05, 0) is 44.6 Å². The lowest BCUT2D eigenvalue weighted by Gasteiger charge is -2.26. The summed E-state index contributed by atoms with van der Waals surface area (Å²) in [6.07, 6.45) is 5.32. The van der Waals surface area contributed by atoms with Gasteiger partial charge in [-0.1, -0.05) is 0 Å². The summed E-state index contributed by atoms with van der Waals surface area (Å²) < 4.78 is 26.5. The molecule has 1 aliphatic carbocycles. The summed E-state index contributed by atoms with van der Waals surface area (Å²) in [6, 6.07) is 0.514. The first-order valence-electron chi connectivity index (χ1n) is 6.39. The van der Waals surface area contributed by atoms with Crippen molar-refractivity contribution in [2.24, 2.45) is 5.92 Å². The molecule has 0 aromatic carbocycles. The molecule has 2 aliphatic heterocycles. The molecule has 3 aliphatic rings. The van der Waals surface area contributed by atoms with Gasteiger partial charge in [0, 0.05) is 18.6 Å². The summed E-state index contributed by atoms with van der Waals surface area (Å²) in [6.45, 7) is 1.82. The molecule has 3 rings (SSSR count). The Labute approximate surface area is 110 Å². The van der Waals surface area contributed by atoms with E-state index in [4.69, 9.17) is 0 Å². The van der Waals surface area contributed by atoms with Gasteiger partial charge in [-0.15, -0.1) is 12.4 Å². The lowest BCUT2D eigenvalue weighted by Crippen LogP contribution is -2.43. The van der Waals surface area contributed by atoms with Crippen LogP contribution in [0.3, 0.4) is 0 Å². The zero-order valence-corrected chi connectivity index (χ0v) is 11.6. The largest absolute Gasteiger partial charge is 0.315 e. The van der Waals surface area contributed by atoms with E-state index < -0.39 is 10.0 Å². The zero-order valence-electron chi connectivity index (χ0n) is 9.97. The Bertz CT molecular complexity index is 356. The highest BCUT2D eigenvalue weighted by atomic mass is 35.5. The number of hydrogen-bond acceptors (Lipinski definition) is 3. The van der Waals surface area contributed by atoms with Crippen molar-refractivity contribution in [2.45, 2.75) is 44.2 Å². The van der Waals surface area contributed by atoms with Crippen LogP contribution in [0.5, 0.6) is 0 Å². The molecule has 0 spiro atoms. The molecule has 2 unspecified atom stereocenters. The molecule has 1 N–H and O–H groups in total. The molecule has 4 nitrogen and oxygen atoms in total. The standard InChI is InChI=1S/C11H20N2O2S.ClH/c14-16(15,8-9-1-2-9)13-10-3-4-11(13)7-12-6-5-10;/h9-12H,1-8H2;1H. The van der Waals surface area contributed by atoms with Crippen LogP contribution >= 0.6 is 12.4 Å². The minimum absolute atomic E-state index is 0. The van der Waals surface area contributed by atoms with E-state index in [9.17, 15) is 8.42 Å². The van der Waals surface area contributed by atoms with E-state index in [-0.39, 0.29) is 24.5 Å². The molecule has 2 bridgehead atoms. The van der Waals surface area contributed by atoms with Gasteiger partial charge in [0.25, 0.3) is 0 Å². The van der Waals surface area contributed by atoms with Crippen molar-refractivity contribution >= 4 is 22.4 Å². The van der Waals surface area contributed by atoms with Gasteiger partial charge in [0.15, 0.2) is 0 Å². The highest BCUT2D eigenvalue weighted by molar-refractivity contribution is 7.89. The molecule has 2 heterocycles. The number of fused-ring (bicyclic) bond motifs is 2. The van der Waals surface area contributed by atoms with Crippen molar-refractivity contribution in [1.29, 1.82) is 0 Å². The van der Waals surface area contributed by atoms with Crippen LogP contribution in [0.1, 0.15) is 32.1 Å². The summed E-state index contributed by atoms with van der Waals surface area (Å²) in [5.74, 6) is 0.862. The molecule has 100 valence electrons. The van der Waals surface area contributed by atoms with E-state index >= 15 is 0 Å². The third-order valence-corrected chi connectivity index (χ3v) is 6.18. The third kappa shape index (κ3) is 2.78. The molecule has 0 aromatic heterocycles. The van der Waals surface area contributed by atoms with E-state index in [0.29, 0.717) is 11.7 Å². The van der Waals surface area contributed by atoms with Crippen molar-refractivity contribution in [3.05, 3.63) is 0 Å². The highest BCUT2D eigenvalue weighted by Crippen LogP contribution is 2.36. The quantitative estimate of drug-likeness (QED) is 0.838. The Balaban J connectivity index is 0.00000108. The maximum atomic E-state index is 12.3. The summed E-state index contributed by atoms with van der Waals surface area (Å²) in [5, 5.41) is 3.34. The molecule has 0 amide bonds. The molecule has 3 fully saturated rings. The van der Waals surface area contributed by atoms with Crippen LogP contribution in [-0.2, 0) is 10.0 Å². The number of rotatable bonds is 3. The molecule has 2 atom stereocenters. The Hall–Kier alpha value is 0.160. The molecule has 0 radical (unpaired) electrons. The minimum atomic E-state index is -2.99. The van der Waals surface area contributed by atoms with Crippen LogP contribution < -0.4 is 5.32 Å². The smallest absolute Gasteiger partial charge is 0.214 e. The fraction of sp³-hybridized carbons (Fsp3) is 1.00. The highest BCUT2D eigenvalue weighted by Gasteiger charge is 2.43. The topological polar surface area (TPSA) is 49.4 Å². The average molecular weight is 281 g/mol. The summed E-state index contributed by atoms with van der Waals surface area (Å²) in [7, 11) is -2.99. The molecular weight excluding hydrogens is 260 g/mol. The fourth-order valence-corrected chi connectivity index (χ4v) is 5.46. The summed E-state index contributed by atoms with van der Waals surface area (Å²) in [4.78, 5) is 0. The van der Waals surface area contributed by atoms with Crippen LogP contribution in [0.4, 0.5) is 0 Å². The first-order chi connectivity index (χ1) is 7.67. The van der Waals surface area contributed by atoms with Crippen LogP contribution in [0.2, 0.25) is 0 Å². The van der Waals surface area contributed by atoms with Crippen LogP contribution in [0, 0.1) is 5.92 Å². The van der Waals surface area contributed by atoms with Gasteiger partial charge in [0.1, 0.15) is 0 Å². The van der Waals surface area contributed by atoms with Crippen LogP contribution in [0.25, 0.3) is 0 Å². The van der Waals surface area contributed by atoms with E-state index in [2.05, 4.69) is 5.32 Å². The molecule has 17 heavy (non-hydrogen) atoms. The zero-order chi connectivity index (χ0) is 11.2. The van der Waals surface area contributed by atoms with Crippen LogP contribution in [0.15, 0.2) is 0 Å². The van der Waals surface area contributed by atoms with Gasteiger partial charge in [-0.25, -0.2) is 8.42 Å². The van der Waals surface area contributed by atoms with Gasteiger partial charge < -0.3 is 5.32 Å². The van der Waals surface area contributed by atoms with E-state index in [1.807, 2.05) is 4.31 Å². The second-order valence-corrected chi connectivity index (χ2v) is 7.35. The van der Waals surface area contributed by atoms with Gasteiger partial charge in [-0.2, -0.15) is 4.31 Å². The Morgan fingerprint density at radius 2 is 1.76 bits per heavy atom. The van der Waals surface area contributed by atoms with E-state index in [1.165, 1.54) is 0 Å². The average Bonchev–Trinajstić information content (AvgIpc) is 2.90. The molecule has 0 aromatic rings. The normalized spacial score (nSPS) is 34.1. The van der Waals surface area contributed by atoms with E-state index in [0.717, 1.165) is 45.2 Å². The number of hydrogen-bond donors (Lipinski definition) is 1. The Morgan fingerprint density at radius 1 is 1.06 bits per heavy atom. The summed E-state index contributed by atoms with van der Waals surface area (Å²) >= 11 is 0. The maximum absolute atomic E-state index is 12.3. The molecular formula is C11H21ClN2O2S. The maximum Gasteiger partial charge on any atom is 0.214 e. The second-order valence-electron chi connectivity index (χ2n) is 5.43. The minimum Gasteiger partial charge on any atom is -0.315 e. The van der Waals surface area contributed by atoms with Gasteiger partial charge in [0.2, 0.25) is 10.0 Å². The van der Waals surface area contributed by atoms with Crippen molar-refractivity contribution in [3.63, 3.8) is 0 Å². The van der Waals surface area contributed by atoms with Crippen molar-refractivity contribution in [1.82, 2.24) is 9.62 Å².